The van der Waals surface area contributed by atoms with Crippen LogP contribution in [0.5, 0.6) is 0 Å². The Balaban J connectivity index is 1.90. The average molecular weight is 270 g/mol. The Morgan fingerprint density at radius 3 is 2.35 bits per heavy atom. The van der Waals surface area contributed by atoms with Crippen molar-refractivity contribution in [2.24, 2.45) is 0 Å². The maximum atomic E-state index is 5.49. The van der Waals surface area contributed by atoms with Gasteiger partial charge in [0, 0.05) is 13.1 Å². The Morgan fingerprint density at radius 2 is 1.76 bits per heavy atom. The van der Waals surface area contributed by atoms with Gasteiger partial charge in [-0.15, -0.1) is 0 Å². The van der Waals surface area contributed by atoms with Crippen molar-refractivity contribution in [3.63, 3.8) is 0 Å². The molecule has 0 unspecified atom stereocenters. The zero-order valence-electron chi connectivity index (χ0n) is 9.30. The molecule has 0 saturated carbocycles. The first kappa shape index (κ1) is 12.3. The van der Waals surface area contributed by atoms with Crippen LogP contribution in [0.4, 0.5) is 11.9 Å². The Morgan fingerprint density at radius 1 is 1.18 bits per heavy atom. The van der Waals surface area contributed by atoms with Crippen molar-refractivity contribution in [3.05, 3.63) is 5.82 Å². The van der Waals surface area contributed by atoms with Crippen LogP contribution in [0.2, 0.25) is 0 Å². The molecule has 4 N–H and O–H groups in total. The van der Waals surface area contributed by atoms with Crippen LogP contribution in [0.25, 0.3) is 0 Å². The average Bonchev–Trinajstić information content (AvgIpc) is 2.78. The molecule has 0 spiro atoms. The number of hydrogen-bond acceptors (Lipinski definition) is 7. The quantitative estimate of drug-likeness (QED) is 0.757. The molecule has 0 radical (unpaired) electrons. The molecule has 0 atom stereocenters. The molecule has 1 aliphatic heterocycles. The van der Waals surface area contributed by atoms with Gasteiger partial charge in [0.15, 0.2) is 0 Å². The van der Waals surface area contributed by atoms with Crippen LogP contribution in [0.1, 0.15) is 18.7 Å². The highest BCUT2D eigenvalue weighted by Crippen LogP contribution is 2.19. The summed E-state index contributed by atoms with van der Waals surface area (Å²) in [5.41, 5.74) is 11.0. The van der Waals surface area contributed by atoms with Crippen LogP contribution in [-0.4, -0.2) is 37.3 Å². The van der Waals surface area contributed by atoms with Gasteiger partial charge in [-0.3, -0.25) is 0 Å². The predicted molar refractivity (Wildman–Crippen MR) is 73.4 cm³/mol. The third-order valence-corrected chi connectivity index (χ3v) is 3.92. The van der Waals surface area contributed by atoms with Crippen molar-refractivity contribution >= 4 is 40.2 Å². The minimum absolute atomic E-state index is 0.153. The second-order valence-corrected chi connectivity index (χ2v) is 5.33. The lowest BCUT2D eigenvalue weighted by atomic mass is 10.4. The van der Waals surface area contributed by atoms with Gasteiger partial charge in [-0.1, -0.05) is 24.0 Å². The number of thioether (sulfide) groups is 1. The number of nitrogen functional groups attached to an aromatic ring is 2. The maximum absolute atomic E-state index is 5.49. The Hall–Kier alpha value is -1.15. The number of likely N-dealkylation sites (tertiary alicyclic amines) is 1. The van der Waals surface area contributed by atoms with Gasteiger partial charge in [0.2, 0.25) is 11.9 Å². The summed E-state index contributed by atoms with van der Waals surface area (Å²) in [6.45, 7) is 2.10. The zero-order chi connectivity index (χ0) is 12.3. The molecule has 2 rings (SSSR count). The molecule has 0 bridgehead atoms. The number of rotatable bonds is 2. The number of aromatic nitrogens is 3. The molecule has 6 nitrogen and oxygen atoms in total. The van der Waals surface area contributed by atoms with E-state index in [1.54, 1.807) is 0 Å². The summed E-state index contributed by atoms with van der Waals surface area (Å²) in [6, 6.07) is 0. The van der Waals surface area contributed by atoms with E-state index in [1.165, 1.54) is 24.6 Å². The first-order chi connectivity index (χ1) is 8.15. The lowest BCUT2D eigenvalue weighted by Crippen LogP contribution is -2.23. The number of nitrogens with two attached hydrogens (primary N) is 2. The molecule has 17 heavy (non-hydrogen) atoms. The smallest absolute Gasteiger partial charge is 0.225 e. The van der Waals surface area contributed by atoms with E-state index in [9.17, 15) is 0 Å². The summed E-state index contributed by atoms with van der Waals surface area (Å²) in [5.74, 6) is 1.45. The second kappa shape index (κ2) is 5.46. The summed E-state index contributed by atoms with van der Waals surface area (Å²) in [4.78, 5) is 13.9. The third kappa shape index (κ3) is 3.40. The fraction of sp³-hybridized carbons (Fsp3) is 0.556. The van der Waals surface area contributed by atoms with Gasteiger partial charge in [-0.2, -0.15) is 15.0 Å². The largest absolute Gasteiger partial charge is 0.368 e. The number of anilines is 2. The standard InChI is InChI=1S/C9H14N6S2/c10-7-12-6(13-8(11)14-7)5-17-9(16)15-3-1-2-4-15/h1-5H2,(H4,10,11,12,13,14). The van der Waals surface area contributed by atoms with Gasteiger partial charge < -0.3 is 16.4 Å². The number of nitrogens with zero attached hydrogens (tertiary/aromatic N) is 4. The van der Waals surface area contributed by atoms with Crippen LogP contribution in [0.3, 0.4) is 0 Å². The minimum Gasteiger partial charge on any atom is -0.368 e. The van der Waals surface area contributed by atoms with E-state index in [2.05, 4.69) is 19.9 Å². The number of hydrogen-bond donors (Lipinski definition) is 2. The van der Waals surface area contributed by atoms with Gasteiger partial charge in [0.05, 0.1) is 5.75 Å². The van der Waals surface area contributed by atoms with E-state index in [1.807, 2.05) is 0 Å². The molecule has 1 aromatic rings. The molecule has 0 aliphatic carbocycles. The third-order valence-electron chi connectivity index (χ3n) is 2.41. The molecule has 8 heteroatoms. The lowest BCUT2D eigenvalue weighted by molar-refractivity contribution is 0.539. The summed E-state index contributed by atoms with van der Waals surface area (Å²) in [5, 5.41) is 0. The van der Waals surface area contributed by atoms with Gasteiger partial charge in [-0.25, -0.2) is 0 Å². The number of thiocarbonyl (C=S) groups is 1. The van der Waals surface area contributed by atoms with Crippen molar-refractivity contribution in [1.29, 1.82) is 0 Å². The first-order valence-electron chi connectivity index (χ1n) is 5.33. The van der Waals surface area contributed by atoms with Gasteiger partial charge >= 0.3 is 0 Å². The SMILES string of the molecule is Nc1nc(N)nc(CSC(=S)N2CCCC2)n1. The molecule has 1 saturated heterocycles. The first-order valence-corrected chi connectivity index (χ1v) is 6.72. The molecular weight excluding hydrogens is 256 g/mol. The summed E-state index contributed by atoms with van der Waals surface area (Å²) < 4.78 is 0.889. The fourth-order valence-electron chi connectivity index (χ4n) is 1.64. The monoisotopic (exact) mass is 270 g/mol. The molecule has 2 heterocycles. The van der Waals surface area contributed by atoms with E-state index in [4.69, 9.17) is 23.7 Å². The molecule has 1 aromatic heterocycles. The van der Waals surface area contributed by atoms with Gasteiger partial charge in [-0.05, 0) is 12.8 Å². The van der Waals surface area contributed by atoms with E-state index in [0.29, 0.717) is 11.6 Å². The van der Waals surface area contributed by atoms with Crippen molar-refractivity contribution in [3.8, 4) is 0 Å². The summed E-state index contributed by atoms with van der Waals surface area (Å²) in [7, 11) is 0. The molecule has 92 valence electrons. The molecular formula is C9H14N6S2. The zero-order valence-corrected chi connectivity index (χ0v) is 10.9. The van der Waals surface area contributed by atoms with Crippen LogP contribution in [0.15, 0.2) is 0 Å². The lowest BCUT2D eigenvalue weighted by Gasteiger charge is -2.17. The predicted octanol–water partition coefficient (Wildman–Crippen LogP) is 0.650. The van der Waals surface area contributed by atoms with Crippen LogP contribution >= 0.6 is 24.0 Å². The fourth-order valence-corrected chi connectivity index (χ4v) is 2.74. The van der Waals surface area contributed by atoms with E-state index in [-0.39, 0.29) is 11.9 Å². The molecule has 1 aliphatic rings. The van der Waals surface area contributed by atoms with Crippen LogP contribution in [-0.2, 0) is 5.75 Å². The maximum Gasteiger partial charge on any atom is 0.225 e. The summed E-state index contributed by atoms with van der Waals surface area (Å²) >= 11 is 6.87. The van der Waals surface area contributed by atoms with E-state index in [0.717, 1.165) is 17.4 Å². The van der Waals surface area contributed by atoms with Gasteiger partial charge in [0.25, 0.3) is 0 Å². The highest BCUT2D eigenvalue weighted by atomic mass is 32.2. The summed E-state index contributed by atoms with van der Waals surface area (Å²) in [6.07, 6.45) is 2.43. The second-order valence-electron chi connectivity index (χ2n) is 3.72. The van der Waals surface area contributed by atoms with Gasteiger partial charge in [0.1, 0.15) is 10.1 Å². The molecule has 1 fully saturated rings. The Bertz CT molecular complexity index is 398. The topological polar surface area (TPSA) is 93.9 Å². The van der Waals surface area contributed by atoms with Crippen molar-refractivity contribution < 1.29 is 0 Å². The highest BCUT2D eigenvalue weighted by Gasteiger charge is 2.15. The van der Waals surface area contributed by atoms with Crippen LogP contribution in [0, 0.1) is 0 Å². The highest BCUT2D eigenvalue weighted by molar-refractivity contribution is 8.22. The van der Waals surface area contributed by atoms with Crippen molar-refractivity contribution in [2.75, 3.05) is 24.6 Å². The van der Waals surface area contributed by atoms with Crippen molar-refractivity contribution in [1.82, 2.24) is 19.9 Å². The van der Waals surface area contributed by atoms with E-state index >= 15 is 0 Å². The molecule has 0 amide bonds. The van der Waals surface area contributed by atoms with E-state index < -0.39 is 0 Å². The normalized spacial score (nSPS) is 15.2. The van der Waals surface area contributed by atoms with Crippen LogP contribution < -0.4 is 11.5 Å². The Kier molecular flexibility index (Phi) is 3.95. The Labute approximate surface area is 109 Å². The minimum atomic E-state index is 0.153. The van der Waals surface area contributed by atoms with Crippen molar-refractivity contribution in [2.45, 2.75) is 18.6 Å². The molecule has 0 aromatic carbocycles.